The monoisotopic (exact) mass is 236 g/mol. The first-order valence-corrected chi connectivity index (χ1v) is 6.50. The summed E-state index contributed by atoms with van der Waals surface area (Å²) < 4.78 is 13.5. The van der Waals surface area contributed by atoms with Crippen molar-refractivity contribution in [1.29, 1.82) is 0 Å². The minimum absolute atomic E-state index is 0.170. The van der Waals surface area contributed by atoms with Gasteiger partial charge in [-0.05, 0) is 44.9 Å². The van der Waals surface area contributed by atoms with Crippen LogP contribution in [-0.4, -0.2) is 18.6 Å². The molecule has 1 aromatic rings. The standard InChI is InChI=1S/C14H21FN2/c1-11(10-12-6-4-5-9-16-12)17-14-8-3-2-7-13(14)15/h2-3,7-8,11-12,16-17H,4-6,9-10H2,1H3. The average Bonchev–Trinajstić information content (AvgIpc) is 2.33. The summed E-state index contributed by atoms with van der Waals surface area (Å²) in [4.78, 5) is 0. The molecule has 0 amide bonds. The zero-order chi connectivity index (χ0) is 12.1. The van der Waals surface area contributed by atoms with Gasteiger partial charge in [-0.25, -0.2) is 4.39 Å². The molecule has 17 heavy (non-hydrogen) atoms. The van der Waals surface area contributed by atoms with E-state index in [1.54, 1.807) is 12.1 Å². The van der Waals surface area contributed by atoms with Gasteiger partial charge in [-0.3, -0.25) is 0 Å². The van der Waals surface area contributed by atoms with E-state index in [0.717, 1.165) is 13.0 Å². The molecule has 1 fully saturated rings. The lowest BCUT2D eigenvalue weighted by atomic mass is 9.98. The second-order valence-electron chi connectivity index (χ2n) is 4.91. The van der Waals surface area contributed by atoms with Gasteiger partial charge in [-0.2, -0.15) is 0 Å². The highest BCUT2D eigenvalue weighted by Crippen LogP contribution is 2.17. The van der Waals surface area contributed by atoms with Gasteiger partial charge in [0, 0.05) is 12.1 Å². The molecule has 94 valence electrons. The summed E-state index contributed by atoms with van der Waals surface area (Å²) >= 11 is 0. The van der Waals surface area contributed by atoms with Gasteiger partial charge in [0.1, 0.15) is 5.82 Å². The van der Waals surface area contributed by atoms with Crippen molar-refractivity contribution >= 4 is 5.69 Å². The van der Waals surface area contributed by atoms with Crippen LogP contribution in [0, 0.1) is 5.82 Å². The third kappa shape index (κ3) is 3.70. The Kier molecular flexibility index (Phi) is 4.37. The van der Waals surface area contributed by atoms with Gasteiger partial charge in [-0.15, -0.1) is 0 Å². The molecule has 2 N–H and O–H groups in total. The van der Waals surface area contributed by atoms with Crippen LogP contribution in [0.3, 0.4) is 0 Å². The maximum atomic E-state index is 13.5. The first-order valence-electron chi connectivity index (χ1n) is 6.50. The Morgan fingerprint density at radius 1 is 1.41 bits per heavy atom. The predicted octanol–water partition coefficient (Wildman–Crippen LogP) is 3.16. The number of hydrogen-bond donors (Lipinski definition) is 2. The lowest BCUT2D eigenvalue weighted by Crippen LogP contribution is -2.37. The molecule has 2 rings (SSSR count). The number of rotatable bonds is 4. The third-order valence-electron chi connectivity index (χ3n) is 3.33. The van der Waals surface area contributed by atoms with Crippen LogP contribution in [-0.2, 0) is 0 Å². The van der Waals surface area contributed by atoms with Crippen molar-refractivity contribution in [3.8, 4) is 0 Å². The molecule has 1 heterocycles. The molecule has 1 aromatic carbocycles. The quantitative estimate of drug-likeness (QED) is 0.839. The van der Waals surface area contributed by atoms with Crippen LogP contribution >= 0.6 is 0 Å². The van der Waals surface area contributed by atoms with E-state index in [2.05, 4.69) is 17.6 Å². The highest BCUT2D eigenvalue weighted by Gasteiger charge is 2.16. The van der Waals surface area contributed by atoms with Crippen LogP contribution in [0.4, 0.5) is 10.1 Å². The van der Waals surface area contributed by atoms with E-state index in [-0.39, 0.29) is 5.82 Å². The minimum Gasteiger partial charge on any atom is -0.380 e. The molecule has 2 unspecified atom stereocenters. The molecule has 0 saturated carbocycles. The number of para-hydroxylation sites is 1. The fourth-order valence-electron chi connectivity index (χ4n) is 2.45. The summed E-state index contributed by atoms with van der Waals surface area (Å²) in [7, 11) is 0. The number of halogens is 1. The molecule has 2 atom stereocenters. The minimum atomic E-state index is -0.170. The van der Waals surface area contributed by atoms with Crippen molar-refractivity contribution in [3.05, 3.63) is 30.1 Å². The maximum Gasteiger partial charge on any atom is 0.146 e. The lowest BCUT2D eigenvalue weighted by Gasteiger charge is -2.27. The zero-order valence-corrected chi connectivity index (χ0v) is 10.4. The number of piperidine rings is 1. The summed E-state index contributed by atoms with van der Waals surface area (Å²) in [5.74, 6) is -0.170. The first kappa shape index (κ1) is 12.4. The number of hydrogen-bond acceptors (Lipinski definition) is 2. The molecule has 1 aliphatic heterocycles. The fourth-order valence-corrected chi connectivity index (χ4v) is 2.45. The molecule has 2 nitrogen and oxygen atoms in total. The van der Waals surface area contributed by atoms with Crippen LogP contribution in [0.25, 0.3) is 0 Å². The average molecular weight is 236 g/mol. The molecule has 0 spiro atoms. The second-order valence-corrected chi connectivity index (χ2v) is 4.91. The van der Waals surface area contributed by atoms with Gasteiger partial charge in [0.05, 0.1) is 5.69 Å². The van der Waals surface area contributed by atoms with Gasteiger partial charge in [0.2, 0.25) is 0 Å². The predicted molar refractivity (Wildman–Crippen MR) is 69.7 cm³/mol. The Hall–Kier alpha value is -1.09. The van der Waals surface area contributed by atoms with E-state index in [4.69, 9.17) is 0 Å². The Balaban J connectivity index is 1.84. The molecule has 3 heteroatoms. The molecule has 0 aromatic heterocycles. The van der Waals surface area contributed by atoms with Crippen molar-refractivity contribution in [2.75, 3.05) is 11.9 Å². The van der Waals surface area contributed by atoms with Crippen molar-refractivity contribution in [2.24, 2.45) is 0 Å². The largest absolute Gasteiger partial charge is 0.380 e. The number of nitrogens with one attached hydrogen (secondary N) is 2. The van der Waals surface area contributed by atoms with Crippen molar-refractivity contribution in [3.63, 3.8) is 0 Å². The third-order valence-corrected chi connectivity index (χ3v) is 3.33. The summed E-state index contributed by atoms with van der Waals surface area (Å²) in [6.45, 7) is 3.24. The Morgan fingerprint density at radius 2 is 2.24 bits per heavy atom. The normalized spacial score (nSPS) is 22.1. The Labute approximate surface area is 103 Å². The molecular formula is C14H21FN2. The SMILES string of the molecule is CC(CC1CCCCN1)Nc1ccccc1F. The van der Waals surface area contributed by atoms with Crippen molar-refractivity contribution in [1.82, 2.24) is 5.32 Å². The Bertz CT molecular complexity index is 348. The molecule has 1 aliphatic rings. The molecular weight excluding hydrogens is 215 g/mol. The lowest BCUT2D eigenvalue weighted by molar-refractivity contribution is 0.371. The van der Waals surface area contributed by atoms with Crippen LogP contribution in [0.2, 0.25) is 0 Å². The van der Waals surface area contributed by atoms with Crippen LogP contribution in [0.5, 0.6) is 0 Å². The van der Waals surface area contributed by atoms with E-state index in [1.165, 1.54) is 25.3 Å². The molecule has 0 bridgehead atoms. The summed E-state index contributed by atoms with van der Waals surface area (Å²) in [5, 5.41) is 6.76. The van der Waals surface area contributed by atoms with E-state index in [9.17, 15) is 4.39 Å². The summed E-state index contributed by atoms with van der Waals surface area (Å²) in [6, 6.07) is 7.74. The van der Waals surface area contributed by atoms with E-state index >= 15 is 0 Å². The van der Waals surface area contributed by atoms with Crippen molar-refractivity contribution in [2.45, 2.75) is 44.7 Å². The summed E-state index contributed by atoms with van der Waals surface area (Å²) in [5.41, 5.74) is 0.607. The maximum absolute atomic E-state index is 13.5. The second kappa shape index (κ2) is 6.01. The van der Waals surface area contributed by atoms with Crippen LogP contribution < -0.4 is 10.6 Å². The number of benzene rings is 1. The Morgan fingerprint density at radius 3 is 2.94 bits per heavy atom. The molecule has 0 aliphatic carbocycles. The van der Waals surface area contributed by atoms with Crippen LogP contribution in [0.1, 0.15) is 32.6 Å². The first-order chi connectivity index (χ1) is 8.25. The highest BCUT2D eigenvalue weighted by molar-refractivity contribution is 5.45. The van der Waals surface area contributed by atoms with E-state index in [1.807, 2.05) is 6.07 Å². The van der Waals surface area contributed by atoms with Gasteiger partial charge >= 0.3 is 0 Å². The van der Waals surface area contributed by atoms with E-state index in [0.29, 0.717) is 17.8 Å². The van der Waals surface area contributed by atoms with Crippen molar-refractivity contribution < 1.29 is 4.39 Å². The highest BCUT2D eigenvalue weighted by atomic mass is 19.1. The number of anilines is 1. The zero-order valence-electron chi connectivity index (χ0n) is 10.4. The molecule has 1 saturated heterocycles. The topological polar surface area (TPSA) is 24.1 Å². The molecule has 0 radical (unpaired) electrons. The smallest absolute Gasteiger partial charge is 0.146 e. The van der Waals surface area contributed by atoms with Gasteiger partial charge in [0.25, 0.3) is 0 Å². The van der Waals surface area contributed by atoms with Gasteiger partial charge in [0.15, 0.2) is 0 Å². The van der Waals surface area contributed by atoms with Gasteiger partial charge in [-0.1, -0.05) is 18.6 Å². The fraction of sp³-hybridized carbons (Fsp3) is 0.571. The van der Waals surface area contributed by atoms with E-state index < -0.39 is 0 Å². The summed E-state index contributed by atoms with van der Waals surface area (Å²) in [6.07, 6.45) is 4.88. The van der Waals surface area contributed by atoms with Crippen LogP contribution in [0.15, 0.2) is 24.3 Å². The van der Waals surface area contributed by atoms with Gasteiger partial charge < -0.3 is 10.6 Å².